The molecule has 0 aliphatic carbocycles. The van der Waals surface area contributed by atoms with Gasteiger partial charge in [0.05, 0.1) is 20.8 Å². The molecule has 0 unspecified atom stereocenters. The van der Waals surface area contributed by atoms with Gasteiger partial charge in [-0.05, 0) is 38.2 Å². The number of hydrogen-bond donors (Lipinski definition) is 2. The van der Waals surface area contributed by atoms with E-state index < -0.39 is 0 Å². The molecule has 0 bridgehead atoms. The monoisotopic (exact) mass is 393 g/mol. The molecule has 158 valence electrons. The van der Waals surface area contributed by atoms with Crippen LogP contribution in [0.2, 0.25) is 0 Å². The quantitative estimate of drug-likeness (QED) is 0.342. The van der Waals surface area contributed by atoms with Crippen LogP contribution in [0, 0.1) is 5.92 Å². The fraction of sp³-hybridized carbons (Fsp3) is 0.667. The SMILES string of the molecule is CCNC(=NCc1cccc(OC)c1OC)NCCCOCC1CCOCC1. The van der Waals surface area contributed by atoms with Gasteiger partial charge in [0.15, 0.2) is 17.5 Å². The number of nitrogens with zero attached hydrogens (tertiary/aromatic N) is 1. The van der Waals surface area contributed by atoms with Gasteiger partial charge in [-0.3, -0.25) is 0 Å². The van der Waals surface area contributed by atoms with Crippen molar-refractivity contribution in [3.63, 3.8) is 0 Å². The molecule has 2 rings (SSSR count). The fourth-order valence-electron chi connectivity index (χ4n) is 3.13. The Kier molecular flexibility index (Phi) is 10.5. The maximum Gasteiger partial charge on any atom is 0.191 e. The second-order valence-corrected chi connectivity index (χ2v) is 6.76. The summed E-state index contributed by atoms with van der Waals surface area (Å²) in [6.45, 7) is 7.53. The third-order valence-corrected chi connectivity index (χ3v) is 4.69. The van der Waals surface area contributed by atoms with E-state index in [0.717, 1.165) is 81.8 Å². The summed E-state index contributed by atoms with van der Waals surface area (Å²) in [4.78, 5) is 4.66. The van der Waals surface area contributed by atoms with Gasteiger partial charge in [0, 0.05) is 45.1 Å². The Hall–Kier alpha value is -1.99. The molecule has 0 spiro atoms. The molecule has 1 heterocycles. The molecule has 1 fully saturated rings. The number of para-hydroxylation sites is 1. The Morgan fingerprint density at radius 2 is 2.00 bits per heavy atom. The van der Waals surface area contributed by atoms with Gasteiger partial charge in [-0.25, -0.2) is 4.99 Å². The lowest BCUT2D eigenvalue weighted by atomic mass is 10.0. The fourth-order valence-corrected chi connectivity index (χ4v) is 3.13. The summed E-state index contributed by atoms with van der Waals surface area (Å²) in [5.41, 5.74) is 0.985. The third-order valence-electron chi connectivity index (χ3n) is 4.69. The highest BCUT2D eigenvalue weighted by atomic mass is 16.5. The molecule has 28 heavy (non-hydrogen) atoms. The molecule has 7 nitrogen and oxygen atoms in total. The van der Waals surface area contributed by atoms with Crippen LogP contribution in [0.3, 0.4) is 0 Å². The first-order chi connectivity index (χ1) is 13.8. The molecule has 0 aromatic heterocycles. The molecule has 1 aromatic rings. The van der Waals surface area contributed by atoms with Crippen LogP contribution in [-0.2, 0) is 16.0 Å². The summed E-state index contributed by atoms with van der Waals surface area (Å²) in [6, 6.07) is 5.83. The number of guanidine groups is 1. The summed E-state index contributed by atoms with van der Waals surface area (Å²) < 4.78 is 22.0. The van der Waals surface area contributed by atoms with Crippen molar-refractivity contribution in [1.82, 2.24) is 10.6 Å². The van der Waals surface area contributed by atoms with Crippen molar-refractivity contribution in [2.24, 2.45) is 10.9 Å². The van der Waals surface area contributed by atoms with E-state index in [1.807, 2.05) is 18.2 Å². The predicted octanol–water partition coefficient (Wildman–Crippen LogP) is 2.59. The molecule has 0 saturated carbocycles. The molecule has 1 aromatic carbocycles. The zero-order valence-electron chi connectivity index (χ0n) is 17.5. The normalized spacial score (nSPS) is 15.3. The van der Waals surface area contributed by atoms with Gasteiger partial charge in [-0.1, -0.05) is 12.1 Å². The van der Waals surface area contributed by atoms with Gasteiger partial charge in [0.1, 0.15) is 0 Å². The maximum absolute atomic E-state index is 5.81. The molecule has 2 N–H and O–H groups in total. The molecular weight excluding hydrogens is 358 g/mol. The number of rotatable bonds is 11. The average Bonchev–Trinajstić information content (AvgIpc) is 2.74. The molecule has 0 amide bonds. The number of benzene rings is 1. The second kappa shape index (κ2) is 13.2. The topological polar surface area (TPSA) is 73.3 Å². The molecule has 1 aliphatic heterocycles. The molecule has 0 radical (unpaired) electrons. The molecule has 7 heteroatoms. The number of methoxy groups -OCH3 is 2. The number of hydrogen-bond acceptors (Lipinski definition) is 5. The van der Waals surface area contributed by atoms with Crippen molar-refractivity contribution in [2.45, 2.75) is 32.7 Å². The van der Waals surface area contributed by atoms with E-state index in [0.29, 0.717) is 12.5 Å². The Balaban J connectivity index is 1.74. The lowest BCUT2D eigenvalue weighted by Crippen LogP contribution is -2.38. The summed E-state index contributed by atoms with van der Waals surface area (Å²) in [7, 11) is 3.29. The van der Waals surface area contributed by atoms with Gasteiger partial charge in [-0.2, -0.15) is 0 Å². The van der Waals surface area contributed by atoms with Crippen molar-refractivity contribution in [3.8, 4) is 11.5 Å². The maximum atomic E-state index is 5.81. The van der Waals surface area contributed by atoms with Crippen LogP contribution in [0.4, 0.5) is 0 Å². The summed E-state index contributed by atoms with van der Waals surface area (Å²) in [5, 5.41) is 6.64. The van der Waals surface area contributed by atoms with Crippen LogP contribution < -0.4 is 20.1 Å². The molecule has 1 aliphatic rings. The highest BCUT2D eigenvalue weighted by Gasteiger charge is 2.13. The lowest BCUT2D eigenvalue weighted by molar-refractivity contribution is 0.0203. The van der Waals surface area contributed by atoms with Crippen molar-refractivity contribution in [2.75, 3.05) is 53.7 Å². The van der Waals surface area contributed by atoms with E-state index in [2.05, 4.69) is 22.5 Å². The van der Waals surface area contributed by atoms with Gasteiger partial charge < -0.3 is 29.6 Å². The minimum atomic E-state index is 0.510. The van der Waals surface area contributed by atoms with Crippen LogP contribution in [0.5, 0.6) is 11.5 Å². The van der Waals surface area contributed by atoms with Gasteiger partial charge in [-0.15, -0.1) is 0 Å². The summed E-state index contributed by atoms with van der Waals surface area (Å²) in [5.74, 6) is 2.89. The molecule has 1 saturated heterocycles. The van der Waals surface area contributed by atoms with Crippen molar-refractivity contribution < 1.29 is 18.9 Å². The Bertz CT molecular complexity index is 589. The van der Waals surface area contributed by atoms with Gasteiger partial charge in [0.2, 0.25) is 0 Å². The number of ether oxygens (including phenoxy) is 4. The third kappa shape index (κ3) is 7.56. The van der Waals surface area contributed by atoms with E-state index >= 15 is 0 Å². The van der Waals surface area contributed by atoms with Gasteiger partial charge >= 0.3 is 0 Å². The predicted molar refractivity (Wildman–Crippen MR) is 111 cm³/mol. The molecule has 0 atom stereocenters. The average molecular weight is 394 g/mol. The first-order valence-electron chi connectivity index (χ1n) is 10.2. The van der Waals surface area contributed by atoms with E-state index in [1.165, 1.54) is 0 Å². The van der Waals surface area contributed by atoms with Crippen LogP contribution in [0.15, 0.2) is 23.2 Å². The summed E-state index contributed by atoms with van der Waals surface area (Å²) >= 11 is 0. The van der Waals surface area contributed by atoms with E-state index in [9.17, 15) is 0 Å². The molecular formula is C21H35N3O4. The minimum Gasteiger partial charge on any atom is -0.493 e. The lowest BCUT2D eigenvalue weighted by Gasteiger charge is -2.21. The zero-order chi connectivity index (χ0) is 20.0. The van der Waals surface area contributed by atoms with E-state index in [-0.39, 0.29) is 0 Å². The minimum absolute atomic E-state index is 0.510. The largest absolute Gasteiger partial charge is 0.493 e. The van der Waals surface area contributed by atoms with Crippen molar-refractivity contribution in [3.05, 3.63) is 23.8 Å². The highest BCUT2D eigenvalue weighted by molar-refractivity contribution is 5.79. The first-order valence-corrected chi connectivity index (χ1v) is 10.2. The van der Waals surface area contributed by atoms with Crippen LogP contribution in [0.25, 0.3) is 0 Å². The van der Waals surface area contributed by atoms with Crippen LogP contribution >= 0.6 is 0 Å². The zero-order valence-corrected chi connectivity index (χ0v) is 17.5. The Morgan fingerprint density at radius 1 is 1.18 bits per heavy atom. The van der Waals surface area contributed by atoms with Gasteiger partial charge in [0.25, 0.3) is 0 Å². The smallest absolute Gasteiger partial charge is 0.191 e. The standard InChI is InChI=1S/C21H35N3O4/c1-4-22-21(23-11-6-12-28-16-17-9-13-27-14-10-17)24-15-18-7-5-8-19(25-2)20(18)26-3/h5,7-8,17H,4,6,9-16H2,1-3H3,(H2,22,23,24). The van der Waals surface area contributed by atoms with Crippen molar-refractivity contribution in [1.29, 1.82) is 0 Å². The number of nitrogens with one attached hydrogen (secondary N) is 2. The van der Waals surface area contributed by atoms with E-state index in [4.69, 9.17) is 18.9 Å². The Labute approximate surface area is 168 Å². The van der Waals surface area contributed by atoms with Crippen molar-refractivity contribution >= 4 is 5.96 Å². The first kappa shape index (κ1) is 22.3. The summed E-state index contributed by atoms with van der Waals surface area (Å²) in [6.07, 6.45) is 3.17. The highest BCUT2D eigenvalue weighted by Crippen LogP contribution is 2.31. The van der Waals surface area contributed by atoms with Crippen LogP contribution in [-0.4, -0.2) is 59.7 Å². The second-order valence-electron chi connectivity index (χ2n) is 6.76. The number of aliphatic imine (C=N–C) groups is 1. The van der Waals surface area contributed by atoms with E-state index in [1.54, 1.807) is 14.2 Å². The van der Waals surface area contributed by atoms with Crippen LogP contribution in [0.1, 0.15) is 31.7 Å². The Morgan fingerprint density at radius 3 is 2.71 bits per heavy atom.